The number of benzene rings is 1. The van der Waals surface area contributed by atoms with Crippen LogP contribution in [0.4, 0.5) is 5.82 Å². The van der Waals surface area contributed by atoms with Crippen LogP contribution in [0.3, 0.4) is 0 Å². The van der Waals surface area contributed by atoms with E-state index in [-0.39, 0.29) is 29.3 Å². The second-order valence-corrected chi connectivity index (χ2v) is 8.58. The van der Waals surface area contributed by atoms with E-state index in [9.17, 15) is 9.59 Å². The number of carbonyl (C=O) groups excluding carboxylic acids is 1. The normalized spacial score (nSPS) is 15.2. The molecule has 1 aliphatic heterocycles. The minimum atomic E-state index is -0.293. The number of H-pyrrole nitrogens is 1. The predicted molar refractivity (Wildman–Crippen MR) is 126 cm³/mol. The Hall–Kier alpha value is -3.40. The molecule has 2 aromatic heterocycles. The van der Waals surface area contributed by atoms with Gasteiger partial charge in [-0.1, -0.05) is 37.6 Å². The lowest BCUT2D eigenvalue weighted by Gasteiger charge is -2.30. The van der Waals surface area contributed by atoms with Crippen LogP contribution in [0.2, 0.25) is 0 Å². The lowest BCUT2D eigenvalue weighted by Crippen LogP contribution is -2.38. The van der Waals surface area contributed by atoms with Crippen LogP contribution < -0.4 is 21.9 Å². The van der Waals surface area contributed by atoms with Gasteiger partial charge in [-0.15, -0.1) is 0 Å². The smallest absolute Gasteiger partial charge is 0.328 e. The van der Waals surface area contributed by atoms with Crippen LogP contribution in [0.25, 0.3) is 11.2 Å². The highest BCUT2D eigenvalue weighted by molar-refractivity contribution is 5.82. The molecule has 10 heteroatoms. The quantitative estimate of drug-likeness (QED) is 0.417. The summed E-state index contributed by atoms with van der Waals surface area (Å²) >= 11 is 0. The van der Waals surface area contributed by atoms with Crippen molar-refractivity contribution >= 4 is 22.9 Å². The fourth-order valence-electron chi connectivity index (χ4n) is 4.12. The highest BCUT2D eigenvalue weighted by atomic mass is 16.5. The number of hydrogen-bond donors (Lipinski definition) is 3. The fourth-order valence-corrected chi connectivity index (χ4v) is 4.12. The van der Waals surface area contributed by atoms with Crippen molar-refractivity contribution in [2.75, 3.05) is 25.4 Å². The number of piperidine rings is 1. The van der Waals surface area contributed by atoms with Crippen molar-refractivity contribution in [2.45, 2.75) is 45.7 Å². The van der Waals surface area contributed by atoms with E-state index < -0.39 is 0 Å². The molecule has 0 bridgehead atoms. The number of unbranched alkanes of at least 4 members (excludes halogenated alkanes) is 1. The third-order valence-electron chi connectivity index (χ3n) is 6.12. The summed E-state index contributed by atoms with van der Waals surface area (Å²) in [5.74, 6) is -0.00971. The van der Waals surface area contributed by atoms with E-state index in [1.54, 1.807) is 4.57 Å². The first kappa shape index (κ1) is 22.8. The summed E-state index contributed by atoms with van der Waals surface area (Å²) in [6.07, 6.45) is 3.50. The third-order valence-corrected chi connectivity index (χ3v) is 6.12. The number of aromatic amines is 1. The van der Waals surface area contributed by atoms with Gasteiger partial charge in [0, 0.05) is 12.5 Å². The van der Waals surface area contributed by atoms with Crippen molar-refractivity contribution in [3.8, 4) is 6.01 Å². The molecule has 0 unspecified atom stereocenters. The van der Waals surface area contributed by atoms with Gasteiger partial charge in [0.1, 0.15) is 5.52 Å². The molecule has 33 heavy (non-hydrogen) atoms. The van der Waals surface area contributed by atoms with Crippen LogP contribution in [0.1, 0.15) is 43.7 Å². The molecule has 0 aliphatic carbocycles. The van der Waals surface area contributed by atoms with Crippen LogP contribution in [-0.2, 0) is 17.9 Å². The van der Waals surface area contributed by atoms with Crippen molar-refractivity contribution in [3.63, 3.8) is 0 Å². The van der Waals surface area contributed by atoms with E-state index in [1.165, 1.54) is 5.56 Å². The van der Waals surface area contributed by atoms with Gasteiger partial charge in [0.25, 0.3) is 0 Å². The van der Waals surface area contributed by atoms with E-state index in [0.717, 1.165) is 50.9 Å². The Labute approximate surface area is 191 Å². The van der Waals surface area contributed by atoms with Gasteiger partial charge < -0.3 is 21.2 Å². The van der Waals surface area contributed by atoms with Crippen molar-refractivity contribution in [1.29, 1.82) is 0 Å². The zero-order chi connectivity index (χ0) is 23.4. The number of primary amides is 1. The molecule has 0 saturated carbocycles. The number of amides is 1. The van der Waals surface area contributed by atoms with Gasteiger partial charge in [-0.3, -0.25) is 14.3 Å². The van der Waals surface area contributed by atoms with Crippen LogP contribution in [0.15, 0.2) is 29.1 Å². The number of likely N-dealkylation sites (tertiary alicyclic amines) is 1. The molecule has 10 nitrogen and oxygen atoms in total. The zero-order valence-electron chi connectivity index (χ0n) is 18.9. The monoisotopic (exact) mass is 453 g/mol. The summed E-state index contributed by atoms with van der Waals surface area (Å²) in [4.78, 5) is 37.6. The third kappa shape index (κ3) is 5.33. The number of carbonyl (C=O) groups is 1. The molecule has 3 aromatic rings. The number of hydrogen-bond acceptors (Lipinski definition) is 7. The van der Waals surface area contributed by atoms with Crippen LogP contribution >= 0.6 is 0 Å². The van der Waals surface area contributed by atoms with Crippen molar-refractivity contribution in [2.24, 2.45) is 11.7 Å². The summed E-state index contributed by atoms with van der Waals surface area (Å²) in [5.41, 5.74) is 14.2. The summed E-state index contributed by atoms with van der Waals surface area (Å²) in [6, 6.07) is 8.34. The fraction of sp³-hybridized carbons (Fsp3) is 0.478. The SMILES string of the molecule is CCCCOc1nc(N)c2[nH]c(=O)n(Cc3ccc(CN4CCC(C(N)=O)CC4)cc3)c2n1. The lowest BCUT2D eigenvalue weighted by molar-refractivity contribution is -0.123. The number of imidazole rings is 1. The number of nitrogens with one attached hydrogen (secondary N) is 1. The second-order valence-electron chi connectivity index (χ2n) is 8.58. The maximum absolute atomic E-state index is 12.6. The summed E-state index contributed by atoms with van der Waals surface area (Å²) in [6.45, 7) is 5.48. The van der Waals surface area contributed by atoms with Gasteiger partial charge in [-0.2, -0.15) is 9.97 Å². The maximum Gasteiger partial charge on any atom is 0.328 e. The summed E-state index contributed by atoms with van der Waals surface area (Å²) in [5, 5.41) is 0. The van der Waals surface area contributed by atoms with Gasteiger partial charge in [0.2, 0.25) is 5.91 Å². The van der Waals surface area contributed by atoms with E-state index in [4.69, 9.17) is 16.2 Å². The molecule has 1 amide bonds. The average molecular weight is 454 g/mol. The number of nitrogen functional groups attached to an aromatic ring is 1. The molecular weight excluding hydrogens is 422 g/mol. The Morgan fingerprint density at radius 3 is 2.45 bits per heavy atom. The molecule has 1 aromatic carbocycles. The van der Waals surface area contributed by atoms with Gasteiger partial charge in [-0.25, -0.2) is 4.79 Å². The highest BCUT2D eigenvalue weighted by Gasteiger charge is 2.23. The number of aromatic nitrogens is 4. The standard InChI is InChI=1S/C23H31N7O3/c1-2-3-12-33-22-27-19(24)18-21(28-22)30(23(32)26-18)14-16-6-4-15(5-7-16)13-29-10-8-17(9-11-29)20(25)31/h4-7,17H,2-3,8-14H2,1H3,(H2,25,31)(H,26,32)(H2,24,27,28). The van der Waals surface area contributed by atoms with Crippen LogP contribution in [0.5, 0.6) is 6.01 Å². The number of anilines is 1. The molecule has 3 heterocycles. The summed E-state index contributed by atoms with van der Waals surface area (Å²) < 4.78 is 7.14. The molecule has 1 aliphatic rings. The van der Waals surface area contributed by atoms with E-state index in [0.29, 0.717) is 24.3 Å². The molecule has 0 radical (unpaired) electrons. The average Bonchev–Trinajstić information content (AvgIpc) is 3.11. The van der Waals surface area contributed by atoms with Crippen molar-refractivity contribution in [1.82, 2.24) is 24.4 Å². The zero-order valence-corrected chi connectivity index (χ0v) is 18.9. The Morgan fingerprint density at radius 1 is 1.15 bits per heavy atom. The number of ether oxygens (including phenoxy) is 1. The molecule has 4 rings (SSSR count). The summed E-state index contributed by atoms with van der Waals surface area (Å²) in [7, 11) is 0. The van der Waals surface area contributed by atoms with Gasteiger partial charge in [0.15, 0.2) is 11.5 Å². The molecule has 1 fully saturated rings. The van der Waals surface area contributed by atoms with E-state index in [1.807, 2.05) is 12.1 Å². The highest BCUT2D eigenvalue weighted by Crippen LogP contribution is 2.20. The Balaban J connectivity index is 1.45. The predicted octanol–water partition coefficient (Wildman–Crippen LogP) is 1.63. The molecule has 1 saturated heterocycles. The van der Waals surface area contributed by atoms with Gasteiger partial charge >= 0.3 is 11.7 Å². The van der Waals surface area contributed by atoms with E-state index >= 15 is 0 Å². The number of nitrogens with two attached hydrogens (primary N) is 2. The largest absolute Gasteiger partial charge is 0.463 e. The first-order chi connectivity index (χ1) is 15.9. The lowest BCUT2D eigenvalue weighted by atomic mass is 9.96. The maximum atomic E-state index is 12.6. The number of fused-ring (bicyclic) bond motifs is 1. The van der Waals surface area contributed by atoms with Crippen molar-refractivity contribution in [3.05, 3.63) is 45.9 Å². The van der Waals surface area contributed by atoms with Crippen LogP contribution in [-0.4, -0.2) is 50.0 Å². The first-order valence-corrected chi connectivity index (χ1v) is 11.4. The minimum absolute atomic E-state index is 0.00600. The Morgan fingerprint density at radius 2 is 1.82 bits per heavy atom. The Kier molecular flexibility index (Phi) is 6.93. The molecule has 176 valence electrons. The number of nitrogens with zero attached hydrogens (tertiary/aromatic N) is 4. The van der Waals surface area contributed by atoms with Gasteiger partial charge in [0.05, 0.1) is 13.2 Å². The minimum Gasteiger partial charge on any atom is -0.463 e. The van der Waals surface area contributed by atoms with Crippen molar-refractivity contribution < 1.29 is 9.53 Å². The number of rotatable bonds is 9. The first-order valence-electron chi connectivity index (χ1n) is 11.4. The van der Waals surface area contributed by atoms with E-state index in [2.05, 4.69) is 38.9 Å². The van der Waals surface area contributed by atoms with Gasteiger partial charge in [-0.05, 0) is 43.5 Å². The molecule has 0 spiro atoms. The topological polar surface area (TPSA) is 145 Å². The molecule has 0 atom stereocenters. The second kappa shape index (κ2) is 10.0. The Bertz CT molecular complexity index is 1160. The molecule has 5 N–H and O–H groups in total. The van der Waals surface area contributed by atoms with Crippen LogP contribution in [0, 0.1) is 5.92 Å². The molecular formula is C23H31N7O3.